The fraction of sp³-hybridized carbons (Fsp3) is 0.0833. The first-order valence-electron chi connectivity index (χ1n) is 5.23. The minimum Gasteiger partial charge on any atom is -0.477 e. The Morgan fingerprint density at radius 1 is 1.26 bits per heavy atom. The molecular formula is C12H8Cl2N2O3. The highest BCUT2D eigenvalue weighted by Crippen LogP contribution is 2.23. The van der Waals surface area contributed by atoms with Crippen molar-refractivity contribution in [3.63, 3.8) is 0 Å². The van der Waals surface area contributed by atoms with Gasteiger partial charge in [0, 0.05) is 12.5 Å². The zero-order chi connectivity index (χ0) is 14.0. The van der Waals surface area contributed by atoms with Crippen LogP contribution in [0, 0.1) is 0 Å². The summed E-state index contributed by atoms with van der Waals surface area (Å²) in [6.45, 7) is 0. The zero-order valence-electron chi connectivity index (χ0n) is 9.48. The van der Waals surface area contributed by atoms with Gasteiger partial charge in [0.05, 0.1) is 10.0 Å². The Bertz CT molecular complexity index is 698. The summed E-state index contributed by atoms with van der Waals surface area (Å²) in [6.07, 6.45) is 0.257. The fourth-order valence-corrected chi connectivity index (χ4v) is 1.87. The second-order valence-electron chi connectivity index (χ2n) is 3.81. The maximum Gasteiger partial charge on any atom is 0.354 e. The van der Waals surface area contributed by atoms with Gasteiger partial charge < -0.3 is 10.1 Å². The van der Waals surface area contributed by atoms with E-state index in [4.69, 9.17) is 28.3 Å². The SMILES string of the molecule is O=C(O)c1cc(=O)[nH]c(Cc2ccc(Cl)c(Cl)c2)n1. The van der Waals surface area contributed by atoms with Crippen LogP contribution in [0.15, 0.2) is 29.1 Å². The van der Waals surface area contributed by atoms with Gasteiger partial charge in [-0.1, -0.05) is 29.3 Å². The van der Waals surface area contributed by atoms with E-state index >= 15 is 0 Å². The third-order valence-electron chi connectivity index (χ3n) is 2.37. The molecule has 98 valence electrons. The van der Waals surface area contributed by atoms with E-state index < -0.39 is 11.5 Å². The van der Waals surface area contributed by atoms with Crippen molar-refractivity contribution < 1.29 is 9.90 Å². The normalized spacial score (nSPS) is 10.4. The highest BCUT2D eigenvalue weighted by atomic mass is 35.5. The standard InChI is InChI=1S/C12H8Cl2N2O3/c13-7-2-1-6(3-8(7)14)4-10-15-9(12(18)19)5-11(17)16-10/h1-3,5H,4H2,(H,18,19)(H,15,16,17). The molecule has 7 heteroatoms. The highest BCUT2D eigenvalue weighted by Gasteiger charge is 2.09. The lowest BCUT2D eigenvalue weighted by Gasteiger charge is -2.04. The molecule has 0 amide bonds. The van der Waals surface area contributed by atoms with E-state index in [1.807, 2.05) is 0 Å². The molecule has 0 bridgehead atoms. The second-order valence-corrected chi connectivity index (χ2v) is 4.62. The van der Waals surface area contributed by atoms with E-state index in [0.29, 0.717) is 10.0 Å². The minimum absolute atomic E-state index is 0.253. The van der Waals surface area contributed by atoms with Crippen molar-refractivity contribution >= 4 is 29.2 Å². The van der Waals surface area contributed by atoms with Crippen LogP contribution in [0.4, 0.5) is 0 Å². The van der Waals surface area contributed by atoms with E-state index in [1.54, 1.807) is 18.2 Å². The quantitative estimate of drug-likeness (QED) is 0.911. The van der Waals surface area contributed by atoms with Crippen molar-refractivity contribution in [2.24, 2.45) is 0 Å². The number of carboxylic acids is 1. The van der Waals surface area contributed by atoms with E-state index in [2.05, 4.69) is 9.97 Å². The average molecular weight is 299 g/mol. The molecule has 0 radical (unpaired) electrons. The Labute approximate surface area is 117 Å². The Kier molecular flexibility index (Phi) is 3.87. The number of hydrogen-bond donors (Lipinski definition) is 2. The van der Waals surface area contributed by atoms with Gasteiger partial charge in [0.1, 0.15) is 5.82 Å². The fourth-order valence-electron chi connectivity index (χ4n) is 1.54. The number of benzene rings is 1. The summed E-state index contributed by atoms with van der Waals surface area (Å²) < 4.78 is 0. The first-order chi connectivity index (χ1) is 8.95. The lowest BCUT2D eigenvalue weighted by atomic mass is 10.1. The van der Waals surface area contributed by atoms with Crippen molar-refractivity contribution in [1.82, 2.24) is 9.97 Å². The maximum atomic E-state index is 11.3. The molecule has 1 heterocycles. The highest BCUT2D eigenvalue weighted by molar-refractivity contribution is 6.42. The number of carbonyl (C=O) groups is 1. The van der Waals surface area contributed by atoms with Gasteiger partial charge in [-0.15, -0.1) is 0 Å². The van der Waals surface area contributed by atoms with Crippen molar-refractivity contribution in [3.8, 4) is 0 Å². The van der Waals surface area contributed by atoms with Crippen LogP contribution in [0.5, 0.6) is 0 Å². The summed E-state index contributed by atoms with van der Waals surface area (Å²) in [5.41, 5.74) is -0.0404. The molecule has 0 spiro atoms. The summed E-state index contributed by atoms with van der Waals surface area (Å²) in [5.74, 6) is -0.996. The Morgan fingerprint density at radius 2 is 2.00 bits per heavy atom. The molecular weight excluding hydrogens is 291 g/mol. The number of hydrogen-bond acceptors (Lipinski definition) is 3. The van der Waals surface area contributed by atoms with Gasteiger partial charge in [-0.25, -0.2) is 9.78 Å². The molecule has 0 atom stereocenters. The van der Waals surface area contributed by atoms with Crippen LogP contribution in [0.25, 0.3) is 0 Å². The molecule has 2 N–H and O–H groups in total. The van der Waals surface area contributed by atoms with E-state index in [1.165, 1.54) is 0 Å². The second kappa shape index (κ2) is 5.42. The monoisotopic (exact) mass is 298 g/mol. The number of nitrogens with zero attached hydrogens (tertiary/aromatic N) is 1. The molecule has 2 aromatic rings. The summed E-state index contributed by atoms with van der Waals surface area (Å²) in [6, 6.07) is 5.91. The van der Waals surface area contributed by atoms with Crippen LogP contribution in [0.3, 0.4) is 0 Å². The number of halogens is 2. The summed E-state index contributed by atoms with van der Waals surface area (Å²) in [5, 5.41) is 9.63. The Balaban J connectivity index is 2.35. The first kappa shape index (κ1) is 13.6. The molecule has 0 aliphatic rings. The van der Waals surface area contributed by atoms with E-state index in [9.17, 15) is 9.59 Å². The first-order valence-corrected chi connectivity index (χ1v) is 5.99. The van der Waals surface area contributed by atoms with Gasteiger partial charge in [0.25, 0.3) is 5.56 Å². The molecule has 1 aromatic carbocycles. The van der Waals surface area contributed by atoms with Crippen LogP contribution in [0.2, 0.25) is 10.0 Å². The van der Waals surface area contributed by atoms with Gasteiger partial charge in [-0.05, 0) is 17.7 Å². The number of aromatic nitrogens is 2. The number of aromatic carboxylic acids is 1. The molecule has 0 saturated carbocycles. The van der Waals surface area contributed by atoms with Gasteiger partial charge >= 0.3 is 5.97 Å². The average Bonchev–Trinajstić information content (AvgIpc) is 2.33. The van der Waals surface area contributed by atoms with Crippen molar-refractivity contribution in [2.45, 2.75) is 6.42 Å². The molecule has 2 rings (SSSR count). The Morgan fingerprint density at radius 3 is 2.63 bits per heavy atom. The largest absolute Gasteiger partial charge is 0.477 e. The van der Waals surface area contributed by atoms with Crippen molar-refractivity contribution in [1.29, 1.82) is 0 Å². The van der Waals surface area contributed by atoms with Gasteiger partial charge in [-0.2, -0.15) is 0 Å². The third-order valence-corrected chi connectivity index (χ3v) is 3.10. The predicted molar refractivity (Wildman–Crippen MR) is 71.1 cm³/mol. The lowest BCUT2D eigenvalue weighted by molar-refractivity contribution is 0.0689. The van der Waals surface area contributed by atoms with Crippen molar-refractivity contribution in [3.05, 3.63) is 61.7 Å². The molecule has 1 aromatic heterocycles. The summed E-state index contributed by atoms with van der Waals surface area (Å²) in [4.78, 5) is 28.5. The van der Waals surface area contributed by atoms with Crippen molar-refractivity contribution in [2.75, 3.05) is 0 Å². The summed E-state index contributed by atoms with van der Waals surface area (Å²) in [7, 11) is 0. The number of H-pyrrole nitrogens is 1. The topological polar surface area (TPSA) is 83.0 Å². The molecule has 0 unspecified atom stereocenters. The van der Waals surface area contributed by atoms with Gasteiger partial charge in [0.2, 0.25) is 0 Å². The van der Waals surface area contributed by atoms with Crippen LogP contribution in [-0.2, 0) is 6.42 Å². The van der Waals surface area contributed by atoms with Crippen LogP contribution in [0.1, 0.15) is 21.9 Å². The third kappa shape index (κ3) is 3.33. The molecule has 0 fully saturated rings. The smallest absolute Gasteiger partial charge is 0.354 e. The molecule has 0 aliphatic carbocycles. The molecule has 0 saturated heterocycles. The van der Waals surface area contributed by atoms with Gasteiger partial charge in [-0.3, -0.25) is 4.79 Å². The number of carboxylic acid groups (broad SMARTS) is 1. The zero-order valence-corrected chi connectivity index (χ0v) is 11.0. The van der Waals surface area contributed by atoms with E-state index in [-0.39, 0.29) is 17.9 Å². The molecule has 19 heavy (non-hydrogen) atoms. The molecule has 5 nitrogen and oxygen atoms in total. The Hall–Kier alpha value is -1.85. The number of nitrogens with one attached hydrogen (secondary N) is 1. The van der Waals surface area contributed by atoms with Crippen LogP contribution < -0.4 is 5.56 Å². The molecule has 0 aliphatic heterocycles. The van der Waals surface area contributed by atoms with Gasteiger partial charge in [0.15, 0.2) is 5.69 Å². The van der Waals surface area contributed by atoms with E-state index in [0.717, 1.165) is 11.6 Å². The minimum atomic E-state index is -1.25. The number of aromatic amines is 1. The maximum absolute atomic E-state index is 11.3. The van der Waals surface area contributed by atoms with Crippen LogP contribution >= 0.6 is 23.2 Å². The lowest BCUT2D eigenvalue weighted by Crippen LogP contribution is -2.15. The predicted octanol–water partition coefficient (Wildman–Crippen LogP) is 2.37. The summed E-state index contributed by atoms with van der Waals surface area (Å²) >= 11 is 11.7. The number of rotatable bonds is 3. The van der Waals surface area contributed by atoms with Crippen LogP contribution in [-0.4, -0.2) is 21.0 Å².